The Kier molecular flexibility index (Phi) is 6.37. The average Bonchev–Trinajstić information content (AvgIpc) is 2.75. The van der Waals surface area contributed by atoms with Gasteiger partial charge in [0.2, 0.25) is 0 Å². The van der Waals surface area contributed by atoms with E-state index in [1.165, 1.54) is 42.5 Å². The van der Waals surface area contributed by atoms with Gasteiger partial charge in [0.05, 0.1) is 9.85 Å². The molecule has 0 aliphatic heterocycles. The summed E-state index contributed by atoms with van der Waals surface area (Å²) in [6.07, 6.45) is 0. The third-order valence-electron chi connectivity index (χ3n) is 4.04. The van der Waals surface area contributed by atoms with Crippen LogP contribution in [0.25, 0.3) is 0 Å². The molecule has 164 valence electrons. The van der Waals surface area contributed by atoms with E-state index in [9.17, 15) is 33.4 Å². The zero-order valence-electron chi connectivity index (χ0n) is 15.8. The van der Waals surface area contributed by atoms with Crippen molar-refractivity contribution in [3.63, 3.8) is 0 Å². The molecule has 32 heavy (non-hydrogen) atoms. The Morgan fingerprint density at radius 3 is 2.25 bits per heavy atom. The minimum absolute atomic E-state index is 0.0838. The molecule has 0 radical (unpaired) electrons. The quantitative estimate of drug-likeness (QED) is 0.301. The van der Waals surface area contributed by atoms with Crippen LogP contribution in [0, 0.1) is 20.2 Å². The third-order valence-corrected chi connectivity index (χ3v) is 5.60. The van der Waals surface area contributed by atoms with Crippen LogP contribution in [0.3, 0.4) is 0 Å². The first-order chi connectivity index (χ1) is 15.1. The fourth-order valence-corrected chi connectivity index (χ4v) is 3.68. The second kappa shape index (κ2) is 8.99. The normalized spacial score (nSPS) is 10.9. The van der Waals surface area contributed by atoms with E-state index in [2.05, 4.69) is 5.32 Å². The Bertz CT molecular complexity index is 1330. The maximum atomic E-state index is 12.4. The van der Waals surface area contributed by atoms with Crippen molar-refractivity contribution in [2.45, 2.75) is 4.90 Å². The summed E-state index contributed by atoms with van der Waals surface area (Å²) in [6, 6.07) is 13.1. The third kappa shape index (κ3) is 5.17. The van der Waals surface area contributed by atoms with Crippen LogP contribution in [0.2, 0.25) is 5.02 Å². The van der Waals surface area contributed by atoms with E-state index in [0.717, 1.165) is 24.3 Å². The number of hydrogen-bond acceptors (Lipinski definition) is 8. The number of non-ortho nitro benzene ring substituents is 1. The molecule has 1 N–H and O–H groups in total. The Balaban J connectivity index is 1.74. The molecule has 13 heteroatoms. The zero-order valence-corrected chi connectivity index (χ0v) is 17.4. The van der Waals surface area contributed by atoms with Gasteiger partial charge in [-0.2, -0.15) is 8.42 Å². The van der Waals surface area contributed by atoms with E-state index in [0.29, 0.717) is 0 Å². The van der Waals surface area contributed by atoms with Crippen molar-refractivity contribution < 1.29 is 27.2 Å². The molecule has 0 heterocycles. The van der Waals surface area contributed by atoms with E-state index in [1.807, 2.05) is 0 Å². The summed E-state index contributed by atoms with van der Waals surface area (Å²) >= 11 is 5.73. The molecular formula is C19H12ClN3O8S. The van der Waals surface area contributed by atoms with Crippen molar-refractivity contribution in [2.75, 3.05) is 5.32 Å². The number of nitrogens with one attached hydrogen (secondary N) is 1. The van der Waals surface area contributed by atoms with Crippen LogP contribution in [0.4, 0.5) is 17.1 Å². The Morgan fingerprint density at radius 2 is 1.62 bits per heavy atom. The Morgan fingerprint density at radius 1 is 0.938 bits per heavy atom. The van der Waals surface area contributed by atoms with Crippen LogP contribution in [-0.4, -0.2) is 24.2 Å². The van der Waals surface area contributed by atoms with Crippen molar-refractivity contribution in [1.82, 2.24) is 0 Å². The number of nitro groups is 2. The van der Waals surface area contributed by atoms with Gasteiger partial charge in [0.25, 0.3) is 17.3 Å². The highest BCUT2D eigenvalue weighted by molar-refractivity contribution is 7.87. The van der Waals surface area contributed by atoms with Gasteiger partial charge in [0.1, 0.15) is 15.7 Å². The number of benzene rings is 3. The molecule has 3 rings (SSSR count). The number of halogens is 1. The molecule has 0 atom stereocenters. The number of amides is 1. The highest BCUT2D eigenvalue weighted by atomic mass is 35.5. The summed E-state index contributed by atoms with van der Waals surface area (Å²) in [5.74, 6) is -0.745. The zero-order chi connectivity index (χ0) is 23.5. The maximum absolute atomic E-state index is 12.4. The second-order valence-corrected chi connectivity index (χ2v) is 8.15. The fourth-order valence-electron chi connectivity index (χ4n) is 2.52. The smallest absolute Gasteiger partial charge is 0.339 e. The molecule has 0 aromatic heterocycles. The standard InChI is InChI=1S/C19H12ClN3O8S/c20-17-9-6-13(10-18(17)23(27)28)21-19(24)12-4-7-15(8-5-12)31-32(29,30)16-3-1-2-14(11-16)22(25)26/h1-11H,(H,21,24). The van der Waals surface area contributed by atoms with Gasteiger partial charge in [0, 0.05) is 29.4 Å². The highest BCUT2D eigenvalue weighted by Crippen LogP contribution is 2.28. The number of carbonyl (C=O) groups excluding carboxylic acids is 1. The van der Waals surface area contributed by atoms with Gasteiger partial charge in [-0.05, 0) is 42.5 Å². The Labute approximate surface area is 185 Å². The van der Waals surface area contributed by atoms with Crippen molar-refractivity contribution in [3.05, 3.63) is 97.5 Å². The highest BCUT2D eigenvalue weighted by Gasteiger charge is 2.20. The van der Waals surface area contributed by atoms with Crippen molar-refractivity contribution in [2.24, 2.45) is 0 Å². The lowest BCUT2D eigenvalue weighted by Crippen LogP contribution is -2.13. The van der Waals surface area contributed by atoms with Crippen LogP contribution in [-0.2, 0) is 10.1 Å². The second-order valence-electron chi connectivity index (χ2n) is 6.19. The van der Waals surface area contributed by atoms with E-state index < -0.39 is 36.5 Å². The minimum Gasteiger partial charge on any atom is -0.379 e. The predicted octanol–water partition coefficient (Wildman–Crippen LogP) is 4.18. The van der Waals surface area contributed by atoms with Gasteiger partial charge in [-0.25, -0.2) is 0 Å². The lowest BCUT2D eigenvalue weighted by molar-refractivity contribution is -0.385. The van der Waals surface area contributed by atoms with Crippen molar-refractivity contribution >= 4 is 44.7 Å². The van der Waals surface area contributed by atoms with Crippen LogP contribution in [0.1, 0.15) is 10.4 Å². The number of nitrogens with zero attached hydrogens (tertiary/aromatic N) is 2. The largest absolute Gasteiger partial charge is 0.379 e. The maximum Gasteiger partial charge on any atom is 0.339 e. The van der Waals surface area contributed by atoms with Crippen LogP contribution in [0.15, 0.2) is 71.6 Å². The minimum atomic E-state index is -4.35. The predicted molar refractivity (Wildman–Crippen MR) is 113 cm³/mol. The van der Waals surface area contributed by atoms with Gasteiger partial charge in [0.15, 0.2) is 0 Å². The monoisotopic (exact) mass is 477 g/mol. The molecule has 0 aliphatic carbocycles. The van der Waals surface area contributed by atoms with Crippen LogP contribution in [0.5, 0.6) is 5.75 Å². The first-order valence-electron chi connectivity index (χ1n) is 8.61. The molecular weight excluding hydrogens is 466 g/mol. The summed E-state index contributed by atoms with van der Waals surface area (Å²) in [6.45, 7) is 0. The summed E-state index contributed by atoms with van der Waals surface area (Å²) in [5, 5.41) is 24.2. The average molecular weight is 478 g/mol. The van der Waals surface area contributed by atoms with Gasteiger partial charge >= 0.3 is 10.1 Å². The van der Waals surface area contributed by atoms with Crippen molar-refractivity contribution in [1.29, 1.82) is 0 Å². The molecule has 3 aromatic rings. The van der Waals surface area contributed by atoms with Crippen molar-refractivity contribution in [3.8, 4) is 5.75 Å². The van der Waals surface area contributed by atoms with E-state index in [-0.39, 0.29) is 27.7 Å². The molecule has 0 bridgehead atoms. The molecule has 0 aliphatic rings. The van der Waals surface area contributed by atoms with Crippen LogP contribution < -0.4 is 9.50 Å². The number of carbonyl (C=O) groups is 1. The first kappa shape index (κ1) is 22.7. The summed E-state index contributed by atoms with van der Waals surface area (Å²) in [7, 11) is -4.35. The summed E-state index contributed by atoms with van der Waals surface area (Å²) < 4.78 is 29.7. The number of hydrogen-bond donors (Lipinski definition) is 1. The van der Waals surface area contributed by atoms with Gasteiger partial charge < -0.3 is 9.50 Å². The molecule has 0 spiro atoms. The van der Waals surface area contributed by atoms with Crippen LogP contribution >= 0.6 is 11.6 Å². The van der Waals surface area contributed by atoms with Gasteiger partial charge in [-0.3, -0.25) is 25.0 Å². The first-order valence-corrected chi connectivity index (χ1v) is 10.4. The topological polar surface area (TPSA) is 159 Å². The van der Waals surface area contributed by atoms with E-state index >= 15 is 0 Å². The molecule has 11 nitrogen and oxygen atoms in total. The number of anilines is 1. The van der Waals surface area contributed by atoms with E-state index in [4.69, 9.17) is 15.8 Å². The summed E-state index contributed by atoms with van der Waals surface area (Å²) in [4.78, 5) is 32.3. The molecule has 0 unspecified atom stereocenters. The van der Waals surface area contributed by atoms with Gasteiger partial charge in [-0.1, -0.05) is 17.7 Å². The SMILES string of the molecule is O=C(Nc1ccc(Cl)c([N+](=O)[O-])c1)c1ccc(OS(=O)(=O)c2cccc([N+](=O)[O-])c2)cc1. The molecule has 0 saturated carbocycles. The number of rotatable bonds is 7. The molecule has 0 saturated heterocycles. The molecule has 3 aromatic carbocycles. The fraction of sp³-hybridized carbons (Fsp3) is 0. The van der Waals surface area contributed by atoms with Gasteiger partial charge in [-0.15, -0.1) is 0 Å². The van der Waals surface area contributed by atoms with E-state index in [1.54, 1.807) is 0 Å². The molecule has 0 fully saturated rings. The Hall–Kier alpha value is -4.03. The molecule has 1 amide bonds. The summed E-state index contributed by atoms with van der Waals surface area (Å²) in [5.41, 5.74) is -0.536. The lowest BCUT2D eigenvalue weighted by Gasteiger charge is -2.09. The lowest BCUT2D eigenvalue weighted by atomic mass is 10.2. The number of nitro benzene ring substituents is 2.